The van der Waals surface area contributed by atoms with Crippen molar-refractivity contribution in [1.82, 2.24) is 9.97 Å². The molecular weight excluding hydrogens is 219 g/mol. The van der Waals surface area contributed by atoms with E-state index in [1.807, 2.05) is 0 Å². The first-order valence-electron chi connectivity index (χ1n) is 4.13. The molecule has 0 aliphatic carbocycles. The number of nitrogens with zero attached hydrogens (tertiary/aromatic N) is 2. The van der Waals surface area contributed by atoms with E-state index in [1.165, 1.54) is 24.5 Å². The molecule has 0 radical (unpaired) electrons. The summed E-state index contributed by atoms with van der Waals surface area (Å²) in [6.07, 6.45) is 2.54. The zero-order chi connectivity index (χ0) is 10.8. The van der Waals surface area contributed by atoms with Crippen molar-refractivity contribution >= 4 is 11.6 Å². The van der Waals surface area contributed by atoms with Crippen LogP contribution in [0.5, 0.6) is 5.75 Å². The molecule has 0 atom stereocenters. The second-order valence-electron chi connectivity index (χ2n) is 2.89. The fourth-order valence-corrected chi connectivity index (χ4v) is 1.29. The van der Waals surface area contributed by atoms with Crippen LogP contribution < -0.4 is 0 Å². The van der Waals surface area contributed by atoms with Crippen molar-refractivity contribution < 1.29 is 9.50 Å². The Morgan fingerprint density at radius 2 is 2.00 bits per heavy atom. The van der Waals surface area contributed by atoms with Crippen LogP contribution in [0.15, 0.2) is 30.6 Å². The molecular formula is C10H6ClFN2O. The van der Waals surface area contributed by atoms with Crippen LogP contribution >= 0.6 is 11.6 Å². The third-order valence-corrected chi connectivity index (χ3v) is 2.05. The molecule has 0 spiro atoms. The number of aromatic nitrogens is 2. The smallest absolute Gasteiger partial charge is 0.137 e. The number of halogens is 2. The maximum atomic E-state index is 13.4. The minimum Gasteiger partial charge on any atom is -0.506 e. The molecule has 3 nitrogen and oxygen atoms in total. The van der Waals surface area contributed by atoms with Crippen LogP contribution in [0.25, 0.3) is 11.3 Å². The lowest BCUT2D eigenvalue weighted by Gasteiger charge is -2.02. The van der Waals surface area contributed by atoms with Crippen LogP contribution in [0.2, 0.25) is 5.15 Å². The molecule has 0 aliphatic heterocycles. The summed E-state index contributed by atoms with van der Waals surface area (Å²) in [7, 11) is 0. The van der Waals surface area contributed by atoms with Gasteiger partial charge in [0, 0.05) is 12.3 Å². The normalized spacial score (nSPS) is 10.3. The first-order valence-corrected chi connectivity index (χ1v) is 4.51. The molecule has 0 saturated heterocycles. The van der Waals surface area contributed by atoms with Crippen molar-refractivity contribution in [2.24, 2.45) is 0 Å². The number of hydrogen-bond acceptors (Lipinski definition) is 3. The predicted molar refractivity (Wildman–Crippen MR) is 54.1 cm³/mol. The summed E-state index contributed by atoms with van der Waals surface area (Å²) in [5.41, 5.74) is 0.647. The van der Waals surface area contributed by atoms with E-state index in [-0.39, 0.29) is 16.5 Å². The van der Waals surface area contributed by atoms with Gasteiger partial charge in [-0.15, -0.1) is 0 Å². The molecule has 0 fully saturated rings. The highest BCUT2D eigenvalue weighted by Gasteiger charge is 2.07. The highest BCUT2D eigenvalue weighted by molar-refractivity contribution is 6.29. The second-order valence-corrected chi connectivity index (χ2v) is 3.28. The lowest BCUT2D eigenvalue weighted by molar-refractivity contribution is 0.473. The van der Waals surface area contributed by atoms with Crippen molar-refractivity contribution in [3.8, 4) is 17.0 Å². The summed E-state index contributed by atoms with van der Waals surface area (Å²) < 4.78 is 13.4. The van der Waals surface area contributed by atoms with Gasteiger partial charge >= 0.3 is 0 Å². The van der Waals surface area contributed by atoms with Gasteiger partial charge in [-0.1, -0.05) is 11.6 Å². The van der Waals surface area contributed by atoms with Crippen LogP contribution in [0.3, 0.4) is 0 Å². The summed E-state index contributed by atoms with van der Waals surface area (Å²) in [4.78, 5) is 7.63. The third kappa shape index (κ3) is 2.05. The van der Waals surface area contributed by atoms with E-state index in [4.69, 9.17) is 16.7 Å². The number of rotatable bonds is 1. The summed E-state index contributed by atoms with van der Waals surface area (Å²) in [6, 6.07) is 4.05. The van der Waals surface area contributed by atoms with Gasteiger partial charge in [0.2, 0.25) is 0 Å². The van der Waals surface area contributed by atoms with Gasteiger partial charge in [0.25, 0.3) is 0 Å². The van der Waals surface area contributed by atoms with Gasteiger partial charge in [-0.3, -0.25) is 4.98 Å². The van der Waals surface area contributed by atoms with E-state index in [0.717, 1.165) is 6.07 Å². The molecule has 0 aliphatic rings. The van der Waals surface area contributed by atoms with E-state index < -0.39 is 5.82 Å². The van der Waals surface area contributed by atoms with Gasteiger partial charge in [-0.25, -0.2) is 9.37 Å². The maximum Gasteiger partial charge on any atom is 0.137 e. The molecule has 0 bridgehead atoms. The van der Waals surface area contributed by atoms with E-state index in [9.17, 15) is 4.39 Å². The van der Waals surface area contributed by atoms with Gasteiger partial charge in [-0.05, 0) is 12.1 Å². The molecule has 2 rings (SSSR count). The molecule has 0 aromatic carbocycles. The number of hydrogen-bond donors (Lipinski definition) is 1. The summed E-state index contributed by atoms with van der Waals surface area (Å²) in [5.74, 6) is -0.464. The average molecular weight is 225 g/mol. The first-order chi connectivity index (χ1) is 7.16. The summed E-state index contributed by atoms with van der Waals surface area (Å²) >= 11 is 5.52. The van der Waals surface area contributed by atoms with Crippen LogP contribution in [0.4, 0.5) is 4.39 Å². The van der Waals surface area contributed by atoms with Crippen LogP contribution in [0, 0.1) is 5.82 Å². The highest BCUT2D eigenvalue weighted by atomic mass is 35.5. The quantitative estimate of drug-likeness (QED) is 0.758. The molecule has 15 heavy (non-hydrogen) atoms. The van der Waals surface area contributed by atoms with Crippen molar-refractivity contribution in [2.45, 2.75) is 0 Å². The summed E-state index contributed by atoms with van der Waals surface area (Å²) in [6.45, 7) is 0. The molecule has 2 aromatic heterocycles. The average Bonchev–Trinajstić information content (AvgIpc) is 2.20. The molecule has 2 heterocycles. The topological polar surface area (TPSA) is 46.0 Å². The Bertz CT molecular complexity index is 487. The van der Waals surface area contributed by atoms with E-state index in [2.05, 4.69) is 9.97 Å². The lowest BCUT2D eigenvalue weighted by atomic mass is 10.2. The number of aromatic hydroxyl groups is 1. The standard InChI is InChI=1S/C10H6ClFN2O/c11-10-3-8(12)7(5-14-10)9-2-1-6(15)4-13-9/h1-5,15H. The van der Waals surface area contributed by atoms with Crippen molar-refractivity contribution in [3.63, 3.8) is 0 Å². The Labute approximate surface area is 90.2 Å². The van der Waals surface area contributed by atoms with Crippen LogP contribution in [-0.2, 0) is 0 Å². The van der Waals surface area contributed by atoms with E-state index >= 15 is 0 Å². The van der Waals surface area contributed by atoms with Gasteiger partial charge < -0.3 is 5.11 Å². The molecule has 2 aromatic rings. The Morgan fingerprint density at radius 3 is 2.60 bits per heavy atom. The zero-order valence-corrected chi connectivity index (χ0v) is 8.24. The number of pyridine rings is 2. The van der Waals surface area contributed by atoms with Gasteiger partial charge in [0.15, 0.2) is 0 Å². The molecule has 5 heteroatoms. The van der Waals surface area contributed by atoms with E-state index in [1.54, 1.807) is 0 Å². The summed E-state index contributed by atoms with van der Waals surface area (Å²) in [5, 5.41) is 9.12. The van der Waals surface area contributed by atoms with Crippen molar-refractivity contribution in [3.05, 3.63) is 41.6 Å². The Kier molecular flexibility index (Phi) is 2.51. The second kappa shape index (κ2) is 3.82. The Hall–Kier alpha value is -1.68. The van der Waals surface area contributed by atoms with Gasteiger partial charge in [-0.2, -0.15) is 0 Å². The molecule has 0 unspecified atom stereocenters. The van der Waals surface area contributed by atoms with Crippen molar-refractivity contribution in [2.75, 3.05) is 0 Å². The van der Waals surface area contributed by atoms with Gasteiger partial charge in [0.05, 0.1) is 17.5 Å². The van der Waals surface area contributed by atoms with E-state index in [0.29, 0.717) is 5.69 Å². The van der Waals surface area contributed by atoms with Crippen molar-refractivity contribution in [1.29, 1.82) is 0 Å². The van der Waals surface area contributed by atoms with Gasteiger partial charge in [0.1, 0.15) is 16.7 Å². The minimum atomic E-state index is -0.492. The molecule has 0 saturated carbocycles. The molecule has 76 valence electrons. The predicted octanol–water partition coefficient (Wildman–Crippen LogP) is 2.64. The monoisotopic (exact) mass is 224 g/mol. The Morgan fingerprint density at radius 1 is 1.20 bits per heavy atom. The van der Waals surface area contributed by atoms with Crippen LogP contribution in [-0.4, -0.2) is 15.1 Å². The lowest BCUT2D eigenvalue weighted by Crippen LogP contribution is -1.89. The Balaban J connectivity index is 2.49. The molecule has 0 amide bonds. The third-order valence-electron chi connectivity index (χ3n) is 1.84. The first kappa shape index (κ1) is 9.86. The fraction of sp³-hybridized carbons (Fsp3) is 0. The largest absolute Gasteiger partial charge is 0.506 e. The zero-order valence-electron chi connectivity index (χ0n) is 7.48. The maximum absolute atomic E-state index is 13.4. The SMILES string of the molecule is Oc1ccc(-c2cnc(Cl)cc2F)nc1. The highest BCUT2D eigenvalue weighted by Crippen LogP contribution is 2.22. The fourth-order valence-electron chi connectivity index (χ4n) is 1.14. The minimum absolute atomic E-state index is 0.0288. The van der Waals surface area contributed by atoms with Crippen LogP contribution in [0.1, 0.15) is 0 Å². The molecule has 1 N–H and O–H groups in total.